The molecule has 0 unspecified atom stereocenters. The molecule has 2 saturated heterocycles. The van der Waals surface area contributed by atoms with Gasteiger partial charge in [-0.25, -0.2) is 0 Å². The van der Waals surface area contributed by atoms with E-state index >= 15 is 0 Å². The van der Waals surface area contributed by atoms with E-state index < -0.39 is 0 Å². The molecule has 3 nitrogen and oxygen atoms in total. The van der Waals surface area contributed by atoms with Crippen molar-refractivity contribution in [2.45, 2.75) is 45.2 Å². The molecule has 3 atom stereocenters. The van der Waals surface area contributed by atoms with E-state index in [0.29, 0.717) is 12.5 Å². The molecule has 0 spiro atoms. The summed E-state index contributed by atoms with van der Waals surface area (Å²) in [6, 6.07) is 0. The molecule has 76 valence electrons. The van der Waals surface area contributed by atoms with Crippen LogP contribution in [0.25, 0.3) is 0 Å². The fourth-order valence-corrected chi connectivity index (χ4v) is 2.00. The minimum atomic E-state index is -0.0779. The molecule has 0 aromatic rings. The van der Waals surface area contributed by atoms with E-state index in [0.717, 1.165) is 13.0 Å². The Balaban J connectivity index is 1.94. The topological polar surface area (TPSA) is 27.7 Å². The summed E-state index contributed by atoms with van der Waals surface area (Å²) in [6.07, 6.45) is 1.31. The zero-order valence-electron chi connectivity index (χ0n) is 8.58. The van der Waals surface area contributed by atoms with E-state index in [1.54, 1.807) is 0 Å². The van der Waals surface area contributed by atoms with Crippen molar-refractivity contribution in [3.8, 4) is 0 Å². The van der Waals surface area contributed by atoms with Gasteiger partial charge in [0.25, 0.3) is 0 Å². The maximum absolute atomic E-state index is 5.91. The zero-order chi connectivity index (χ0) is 9.47. The third kappa shape index (κ3) is 2.03. The van der Waals surface area contributed by atoms with Gasteiger partial charge in [0, 0.05) is 5.92 Å². The molecular formula is C10H18O3. The molecule has 0 aromatic carbocycles. The minimum Gasteiger partial charge on any atom is -0.370 e. The molecule has 2 fully saturated rings. The fourth-order valence-electron chi connectivity index (χ4n) is 2.00. The summed E-state index contributed by atoms with van der Waals surface area (Å²) in [5.74, 6) is 0.458. The van der Waals surface area contributed by atoms with Crippen LogP contribution in [0.1, 0.15) is 27.2 Å². The number of hydrogen-bond donors (Lipinski definition) is 0. The highest BCUT2D eigenvalue weighted by Crippen LogP contribution is 2.34. The van der Waals surface area contributed by atoms with Crippen LogP contribution in [0.5, 0.6) is 0 Å². The second-order valence-electron chi connectivity index (χ2n) is 4.79. The van der Waals surface area contributed by atoms with Gasteiger partial charge in [-0.3, -0.25) is 0 Å². The molecule has 13 heavy (non-hydrogen) atoms. The lowest BCUT2D eigenvalue weighted by Crippen LogP contribution is -2.32. The number of rotatable bonds is 1. The number of hydrogen-bond acceptors (Lipinski definition) is 3. The van der Waals surface area contributed by atoms with Crippen molar-refractivity contribution in [1.29, 1.82) is 0 Å². The molecule has 2 heterocycles. The van der Waals surface area contributed by atoms with Crippen LogP contribution in [0.2, 0.25) is 0 Å². The summed E-state index contributed by atoms with van der Waals surface area (Å²) in [5.41, 5.74) is -0.0779. The Hall–Kier alpha value is -0.120. The molecule has 3 heteroatoms. The summed E-state index contributed by atoms with van der Waals surface area (Å²) in [6.45, 7) is 7.74. The quantitative estimate of drug-likeness (QED) is 0.622. The third-order valence-corrected chi connectivity index (χ3v) is 2.49. The van der Waals surface area contributed by atoms with Gasteiger partial charge in [-0.2, -0.15) is 0 Å². The van der Waals surface area contributed by atoms with Crippen molar-refractivity contribution in [3.05, 3.63) is 0 Å². The Labute approximate surface area is 79.4 Å². The summed E-state index contributed by atoms with van der Waals surface area (Å²) >= 11 is 0. The van der Waals surface area contributed by atoms with Gasteiger partial charge in [0.15, 0.2) is 6.29 Å². The van der Waals surface area contributed by atoms with E-state index in [-0.39, 0.29) is 18.0 Å². The monoisotopic (exact) mass is 186 g/mol. The molecule has 0 aliphatic carbocycles. The molecule has 0 aromatic heterocycles. The predicted molar refractivity (Wildman–Crippen MR) is 48.4 cm³/mol. The van der Waals surface area contributed by atoms with Gasteiger partial charge in [0.1, 0.15) is 0 Å². The Morgan fingerprint density at radius 1 is 1.23 bits per heavy atom. The van der Waals surface area contributed by atoms with Crippen LogP contribution in [-0.2, 0) is 14.2 Å². The van der Waals surface area contributed by atoms with Crippen molar-refractivity contribution < 1.29 is 14.2 Å². The maximum Gasteiger partial charge on any atom is 0.163 e. The lowest BCUT2D eigenvalue weighted by atomic mass is 10.0. The molecule has 0 saturated carbocycles. The lowest BCUT2D eigenvalue weighted by Gasteiger charge is -2.26. The van der Waals surface area contributed by atoms with Crippen molar-refractivity contribution in [1.82, 2.24) is 0 Å². The molecule has 0 radical (unpaired) electrons. The van der Waals surface area contributed by atoms with Gasteiger partial charge < -0.3 is 14.2 Å². The Bertz CT molecular complexity index is 185. The van der Waals surface area contributed by atoms with Gasteiger partial charge in [0.2, 0.25) is 0 Å². The van der Waals surface area contributed by atoms with Gasteiger partial charge in [-0.1, -0.05) is 0 Å². The van der Waals surface area contributed by atoms with E-state index in [2.05, 4.69) is 20.8 Å². The highest BCUT2D eigenvalue weighted by atomic mass is 16.7. The highest BCUT2D eigenvalue weighted by molar-refractivity contribution is 4.85. The Morgan fingerprint density at radius 2 is 2.00 bits per heavy atom. The van der Waals surface area contributed by atoms with Crippen molar-refractivity contribution in [3.63, 3.8) is 0 Å². The van der Waals surface area contributed by atoms with Crippen LogP contribution in [0.4, 0.5) is 0 Å². The van der Waals surface area contributed by atoms with Crippen LogP contribution in [-0.4, -0.2) is 31.2 Å². The first kappa shape index (κ1) is 9.44. The van der Waals surface area contributed by atoms with Crippen LogP contribution < -0.4 is 0 Å². The summed E-state index contributed by atoms with van der Waals surface area (Å²) in [4.78, 5) is 0. The zero-order valence-corrected chi connectivity index (χ0v) is 8.58. The largest absolute Gasteiger partial charge is 0.370 e. The molecule has 2 aliphatic rings. The molecule has 0 bridgehead atoms. The number of ether oxygens (including phenoxy) is 3. The summed E-state index contributed by atoms with van der Waals surface area (Å²) in [5, 5.41) is 0. The minimum absolute atomic E-state index is 0.00681. The Morgan fingerprint density at radius 3 is 2.69 bits per heavy atom. The molecule has 0 amide bonds. The molecule has 2 rings (SSSR count). The first-order valence-electron chi connectivity index (χ1n) is 4.97. The van der Waals surface area contributed by atoms with Gasteiger partial charge in [-0.05, 0) is 27.2 Å². The van der Waals surface area contributed by atoms with Crippen molar-refractivity contribution in [2.75, 3.05) is 13.2 Å². The lowest BCUT2D eigenvalue weighted by molar-refractivity contribution is -0.0929. The molecule has 0 N–H and O–H groups in total. The first-order valence-corrected chi connectivity index (χ1v) is 4.97. The van der Waals surface area contributed by atoms with Crippen LogP contribution in [0.15, 0.2) is 0 Å². The summed E-state index contributed by atoms with van der Waals surface area (Å²) in [7, 11) is 0. The second-order valence-corrected chi connectivity index (χ2v) is 4.79. The Kier molecular flexibility index (Phi) is 2.34. The third-order valence-electron chi connectivity index (χ3n) is 2.49. The maximum atomic E-state index is 5.91. The normalized spacial score (nSPS) is 39.5. The fraction of sp³-hybridized carbons (Fsp3) is 1.00. The smallest absolute Gasteiger partial charge is 0.163 e. The van der Waals surface area contributed by atoms with Gasteiger partial charge in [0.05, 0.1) is 24.9 Å². The van der Waals surface area contributed by atoms with Crippen LogP contribution in [0.3, 0.4) is 0 Å². The van der Waals surface area contributed by atoms with E-state index in [9.17, 15) is 0 Å². The van der Waals surface area contributed by atoms with Gasteiger partial charge in [-0.15, -0.1) is 0 Å². The number of fused-ring (bicyclic) bond motifs is 1. The standard InChI is InChI=1S/C10H18O3/c1-10(2,3)13-8-6-12-9-7(8)4-5-11-9/h7-9H,4-6H2,1-3H3/t7-,8-,9+/m0/s1. The van der Waals surface area contributed by atoms with Crippen LogP contribution >= 0.6 is 0 Å². The highest BCUT2D eigenvalue weighted by Gasteiger charge is 2.43. The van der Waals surface area contributed by atoms with Crippen molar-refractivity contribution in [2.24, 2.45) is 5.92 Å². The first-order chi connectivity index (χ1) is 6.06. The summed E-state index contributed by atoms with van der Waals surface area (Å²) < 4.78 is 16.8. The SMILES string of the molecule is CC(C)(C)O[C@H]1CO[C@H]2OCC[C@H]21. The molecule has 2 aliphatic heterocycles. The predicted octanol–water partition coefficient (Wildman–Crippen LogP) is 1.56. The average Bonchev–Trinajstić information content (AvgIpc) is 2.50. The second kappa shape index (κ2) is 3.23. The van der Waals surface area contributed by atoms with Crippen LogP contribution in [0, 0.1) is 5.92 Å². The van der Waals surface area contributed by atoms with Gasteiger partial charge >= 0.3 is 0 Å². The van der Waals surface area contributed by atoms with E-state index in [4.69, 9.17) is 14.2 Å². The van der Waals surface area contributed by atoms with Crippen molar-refractivity contribution >= 4 is 0 Å². The van der Waals surface area contributed by atoms with E-state index in [1.165, 1.54) is 0 Å². The average molecular weight is 186 g/mol. The molecular weight excluding hydrogens is 168 g/mol. The van der Waals surface area contributed by atoms with E-state index in [1.807, 2.05) is 0 Å².